The number of ether oxygens (including phenoxy) is 1. The number of aromatic amines is 1. The normalized spacial score (nSPS) is 11.2. The lowest BCUT2D eigenvalue weighted by Gasteiger charge is -1.99. The fourth-order valence-corrected chi connectivity index (χ4v) is 1.73. The fraction of sp³-hybridized carbons (Fsp3) is 0.188. The molecule has 1 amide bonds. The number of amides is 1. The predicted molar refractivity (Wildman–Crippen MR) is 84.2 cm³/mol. The first kappa shape index (κ1) is 15.5. The molecule has 0 aliphatic rings. The predicted octanol–water partition coefficient (Wildman–Crippen LogP) is 2.23. The van der Waals surface area contributed by atoms with Gasteiger partial charge in [-0.1, -0.05) is 18.2 Å². The summed E-state index contributed by atoms with van der Waals surface area (Å²) in [6, 6.07) is 7.45. The SMILES string of the molecule is C/C=C/C=C/C(=O)NCc1nc(-c2ccc(OC)cc2)n[nH]1. The Labute approximate surface area is 128 Å². The molecule has 0 aliphatic heterocycles. The molecular weight excluding hydrogens is 280 g/mol. The molecular formula is C16H18N4O2. The second-order valence-electron chi connectivity index (χ2n) is 4.44. The Morgan fingerprint density at radius 3 is 2.77 bits per heavy atom. The van der Waals surface area contributed by atoms with E-state index in [-0.39, 0.29) is 5.91 Å². The summed E-state index contributed by atoms with van der Waals surface area (Å²) >= 11 is 0. The Hall–Kier alpha value is -2.89. The molecule has 0 aliphatic carbocycles. The highest BCUT2D eigenvalue weighted by Crippen LogP contribution is 2.18. The van der Waals surface area contributed by atoms with E-state index in [2.05, 4.69) is 20.5 Å². The number of hydrogen-bond acceptors (Lipinski definition) is 4. The highest BCUT2D eigenvalue weighted by molar-refractivity contribution is 5.87. The van der Waals surface area contributed by atoms with Crippen molar-refractivity contribution in [2.45, 2.75) is 13.5 Å². The molecule has 0 bridgehead atoms. The lowest BCUT2D eigenvalue weighted by Crippen LogP contribution is -2.20. The smallest absolute Gasteiger partial charge is 0.244 e. The number of aromatic nitrogens is 3. The topological polar surface area (TPSA) is 79.9 Å². The number of rotatable bonds is 6. The molecule has 0 saturated carbocycles. The van der Waals surface area contributed by atoms with E-state index >= 15 is 0 Å². The van der Waals surface area contributed by atoms with E-state index in [1.165, 1.54) is 6.08 Å². The van der Waals surface area contributed by atoms with Crippen molar-refractivity contribution >= 4 is 5.91 Å². The molecule has 114 valence electrons. The Morgan fingerprint density at radius 2 is 2.09 bits per heavy atom. The van der Waals surface area contributed by atoms with Crippen molar-refractivity contribution in [1.29, 1.82) is 0 Å². The fourth-order valence-electron chi connectivity index (χ4n) is 1.73. The number of carbonyl (C=O) groups excluding carboxylic acids is 1. The van der Waals surface area contributed by atoms with Crippen molar-refractivity contribution in [3.8, 4) is 17.1 Å². The van der Waals surface area contributed by atoms with E-state index in [0.717, 1.165) is 11.3 Å². The van der Waals surface area contributed by atoms with Gasteiger partial charge in [0.25, 0.3) is 0 Å². The Balaban J connectivity index is 1.94. The van der Waals surface area contributed by atoms with Gasteiger partial charge in [-0.25, -0.2) is 4.98 Å². The van der Waals surface area contributed by atoms with Gasteiger partial charge in [-0.15, -0.1) is 0 Å². The minimum atomic E-state index is -0.180. The lowest BCUT2D eigenvalue weighted by molar-refractivity contribution is -0.116. The molecule has 1 aromatic heterocycles. The standard InChI is InChI=1S/C16H18N4O2/c1-3-4-5-6-15(21)17-11-14-18-16(20-19-14)12-7-9-13(22-2)10-8-12/h3-10H,11H2,1-2H3,(H,17,21)(H,18,19,20)/b4-3+,6-5+. The summed E-state index contributed by atoms with van der Waals surface area (Å²) in [5, 5.41) is 9.68. The van der Waals surface area contributed by atoms with Crippen LogP contribution in [0.4, 0.5) is 0 Å². The third-order valence-electron chi connectivity index (χ3n) is 2.86. The summed E-state index contributed by atoms with van der Waals surface area (Å²) < 4.78 is 5.11. The summed E-state index contributed by atoms with van der Waals surface area (Å²) in [6.45, 7) is 2.18. The van der Waals surface area contributed by atoms with Crippen LogP contribution in [0.2, 0.25) is 0 Å². The van der Waals surface area contributed by atoms with Crippen LogP contribution in [0.15, 0.2) is 48.6 Å². The van der Waals surface area contributed by atoms with Gasteiger partial charge in [0.15, 0.2) is 5.82 Å². The molecule has 2 N–H and O–H groups in total. The lowest BCUT2D eigenvalue weighted by atomic mass is 10.2. The molecule has 1 heterocycles. The molecule has 0 unspecified atom stereocenters. The minimum absolute atomic E-state index is 0.180. The molecule has 1 aromatic carbocycles. The molecule has 2 rings (SSSR count). The van der Waals surface area contributed by atoms with Gasteiger partial charge in [0.05, 0.1) is 13.7 Å². The summed E-state index contributed by atoms with van der Waals surface area (Å²) in [5.74, 6) is 1.77. The first-order chi connectivity index (χ1) is 10.7. The van der Waals surface area contributed by atoms with E-state index < -0.39 is 0 Å². The molecule has 0 atom stereocenters. The first-order valence-corrected chi connectivity index (χ1v) is 6.86. The molecule has 6 heteroatoms. The molecule has 0 spiro atoms. The van der Waals surface area contributed by atoms with Gasteiger partial charge in [-0.05, 0) is 31.2 Å². The number of nitrogens with zero attached hydrogens (tertiary/aromatic N) is 2. The second kappa shape index (κ2) is 7.78. The van der Waals surface area contributed by atoms with Crippen molar-refractivity contribution in [3.63, 3.8) is 0 Å². The first-order valence-electron chi connectivity index (χ1n) is 6.86. The number of allylic oxidation sites excluding steroid dienone is 3. The molecule has 0 saturated heterocycles. The van der Waals surface area contributed by atoms with Crippen LogP contribution in [0.1, 0.15) is 12.7 Å². The summed E-state index contributed by atoms with van der Waals surface area (Å²) in [5.41, 5.74) is 0.877. The van der Waals surface area contributed by atoms with E-state index in [4.69, 9.17) is 4.74 Å². The van der Waals surface area contributed by atoms with Crippen molar-refractivity contribution in [3.05, 3.63) is 54.4 Å². The molecule has 6 nitrogen and oxygen atoms in total. The maximum absolute atomic E-state index is 11.5. The third kappa shape index (κ3) is 4.31. The number of nitrogens with one attached hydrogen (secondary N) is 2. The highest BCUT2D eigenvalue weighted by Gasteiger charge is 2.06. The zero-order valence-electron chi connectivity index (χ0n) is 12.5. The van der Waals surface area contributed by atoms with Gasteiger partial charge in [-0.3, -0.25) is 9.89 Å². The van der Waals surface area contributed by atoms with E-state index in [0.29, 0.717) is 18.2 Å². The van der Waals surface area contributed by atoms with Crippen LogP contribution in [0.3, 0.4) is 0 Å². The molecule has 2 aromatic rings. The van der Waals surface area contributed by atoms with Crippen LogP contribution in [-0.2, 0) is 11.3 Å². The Kier molecular flexibility index (Phi) is 5.48. The van der Waals surface area contributed by atoms with Gasteiger partial charge in [0, 0.05) is 11.6 Å². The number of benzene rings is 1. The van der Waals surface area contributed by atoms with Gasteiger partial charge in [-0.2, -0.15) is 5.10 Å². The monoisotopic (exact) mass is 298 g/mol. The summed E-state index contributed by atoms with van der Waals surface area (Å²) in [6.07, 6.45) is 6.77. The van der Waals surface area contributed by atoms with Gasteiger partial charge >= 0.3 is 0 Å². The van der Waals surface area contributed by atoms with Gasteiger partial charge in [0.2, 0.25) is 5.91 Å². The van der Waals surface area contributed by atoms with Crippen molar-refractivity contribution in [2.24, 2.45) is 0 Å². The van der Waals surface area contributed by atoms with Crippen LogP contribution in [-0.4, -0.2) is 28.2 Å². The maximum atomic E-state index is 11.5. The minimum Gasteiger partial charge on any atom is -0.497 e. The van der Waals surface area contributed by atoms with Gasteiger partial charge in [0.1, 0.15) is 11.6 Å². The van der Waals surface area contributed by atoms with Crippen molar-refractivity contribution in [2.75, 3.05) is 7.11 Å². The van der Waals surface area contributed by atoms with E-state index in [9.17, 15) is 4.79 Å². The van der Waals surface area contributed by atoms with Crippen LogP contribution >= 0.6 is 0 Å². The van der Waals surface area contributed by atoms with E-state index in [1.54, 1.807) is 19.3 Å². The number of H-pyrrole nitrogens is 1. The zero-order valence-corrected chi connectivity index (χ0v) is 12.5. The second-order valence-corrected chi connectivity index (χ2v) is 4.44. The zero-order chi connectivity index (χ0) is 15.8. The molecule has 22 heavy (non-hydrogen) atoms. The van der Waals surface area contributed by atoms with Crippen LogP contribution in [0.25, 0.3) is 11.4 Å². The average Bonchev–Trinajstić information content (AvgIpc) is 3.02. The largest absolute Gasteiger partial charge is 0.497 e. The van der Waals surface area contributed by atoms with Crippen molar-refractivity contribution in [1.82, 2.24) is 20.5 Å². The molecule has 0 fully saturated rings. The van der Waals surface area contributed by atoms with Gasteiger partial charge < -0.3 is 10.1 Å². The Morgan fingerprint density at radius 1 is 1.32 bits per heavy atom. The van der Waals surface area contributed by atoms with Crippen LogP contribution in [0.5, 0.6) is 5.75 Å². The molecule has 0 radical (unpaired) electrons. The maximum Gasteiger partial charge on any atom is 0.244 e. The highest BCUT2D eigenvalue weighted by atomic mass is 16.5. The summed E-state index contributed by atoms with van der Waals surface area (Å²) in [7, 11) is 1.62. The average molecular weight is 298 g/mol. The van der Waals surface area contributed by atoms with E-state index in [1.807, 2.05) is 37.3 Å². The van der Waals surface area contributed by atoms with Crippen LogP contribution < -0.4 is 10.1 Å². The van der Waals surface area contributed by atoms with Crippen LogP contribution in [0, 0.1) is 0 Å². The number of methoxy groups -OCH3 is 1. The number of carbonyl (C=O) groups is 1. The quantitative estimate of drug-likeness (QED) is 0.633. The third-order valence-corrected chi connectivity index (χ3v) is 2.86. The van der Waals surface area contributed by atoms with Crippen molar-refractivity contribution < 1.29 is 9.53 Å². The number of hydrogen-bond donors (Lipinski definition) is 2. The Bertz CT molecular complexity index is 672. The summed E-state index contributed by atoms with van der Waals surface area (Å²) in [4.78, 5) is 15.9.